The monoisotopic (exact) mass is 264 g/mol. The standard InChI is InChI=1S/C15H28N4/c1-16-15(17-11-5-3-6-11)18-12-9-13-7-4-8-14(10-12)19(13)2/h11-14H,3-10H2,1-2H3,(H2,16,17,18). The van der Waals surface area contributed by atoms with Crippen molar-refractivity contribution in [3.05, 3.63) is 0 Å². The van der Waals surface area contributed by atoms with Crippen molar-refractivity contribution in [3.63, 3.8) is 0 Å². The Morgan fingerprint density at radius 2 is 1.53 bits per heavy atom. The molecule has 0 amide bonds. The van der Waals surface area contributed by atoms with Gasteiger partial charge in [0.1, 0.15) is 0 Å². The van der Waals surface area contributed by atoms with Crippen LogP contribution in [0.2, 0.25) is 0 Å². The number of piperidine rings is 2. The van der Waals surface area contributed by atoms with Gasteiger partial charge in [0.15, 0.2) is 5.96 Å². The Bertz CT molecular complexity index is 323. The van der Waals surface area contributed by atoms with Crippen LogP contribution in [0.3, 0.4) is 0 Å². The van der Waals surface area contributed by atoms with Gasteiger partial charge in [0.05, 0.1) is 0 Å². The molecule has 0 aromatic heterocycles. The molecule has 0 aromatic rings. The second kappa shape index (κ2) is 5.70. The Kier molecular flexibility index (Phi) is 3.96. The Labute approximate surface area is 117 Å². The first-order valence-corrected chi connectivity index (χ1v) is 7.98. The summed E-state index contributed by atoms with van der Waals surface area (Å²) in [6.07, 6.45) is 10.7. The van der Waals surface area contributed by atoms with Crippen molar-refractivity contribution in [2.75, 3.05) is 14.1 Å². The van der Waals surface area contributed by atoms with Crippen LogP contribution in [-0.4, -0.2) is 49.1 Å². The molecular weight excluding hydrogens is 236 g/mol. The number of aliphatic imine (C=N–C) groups is 1. The van der Waals surface area contributed by atoms with E-state index in [1.807, 2.05) is 7.05 Å². The third-order valence-electron chi connectivity index (χ3n) is 5.35. The highest BCUT2D eigenvalue weighted by Crippen LogP contribution is 2.32. The van der Waals surface area contributed by atoms with Gasteiger partial charge in [-0.15, -0.1) is 0 Å². The lowest BCUT2D eigenvalue weighted by Crippen LogP contribution is -2.57. The van der Waals surface area contributed by atoms with E-state index in [1.54, 1.807) is 0 Å². The average Bonchev–Trinajstić information content (AvgIpc) is 2.33. The van der Waals surface area contributed by atoms with Gasteiger partial charge in [0.2, 0.25) is 0 Å². The van der Waals surface area contributed by atoms with Gasteiger partial charge in [-0.05, 0) is 52.0 Å². The first-order chi connectivity index (χ1) is 9.26. The van der Waals surface area contributed by atoms with Gasteiger partial charge in [0, 0.05) is 31.2 Å². The van der Waals surface area contributed by atoms with E-state index in [9.17, 15) is 0 Å². The smallest absolute Gasteiger partial charge is 0.191 e. The first kappa shape index (κ1) is 13.2. The fourth-order valence-electron chi connectivity index (χ4n) is 3.84. The van der Waals surface area contributed by atoms with Crippen molar-refractivity contribution >= 4 is 5.96 Å². The minimum absolute atomic E-state index is 0.609. The quantitative estimate of drug-likeness (QED) is 0.589. The molecule has 3 aliphatic rings. The highest BCUT2D eigenvalue weighted by Gasteiger charge is 2.36. The van der Waals surface area contributed by atoms with Gasteiger partial charge < -0.3 is 15.5 Å². The Hall–Kier alpha value is -0.770. The van der Waals surface area contributed by atoms with Gasteiger partial charge in [-0.1, -0.05) is 6.42 Å². The third kappa shape index (κ3) is 2.88. The molecule has 2 unspecified atom stereocenters. The summed E-state index contributed by atoms with van der Waals surface area (Å²) >= 11 is 0. The zero-order chi connectivity index (χ0) is 13.2. The number of rotatable bonds is 2. The predicted molar refractivity (Wildman–Crippen MR) is 79.5 cm³/mol. The third-order valence-corrected chi connectivity index (χ3v) is 5.35. The molecule has 2 heterocycles. The topological polar surface area (TPSA) is 39.7 Å². The molecule has 1 aliphatic carbocycles. The van der Waals surface area contributed by atoms with Crippen molar-refractivity contribution < 1.29 is 0 Å². The summed E-state index contributed by atoms with van der Waals surface area (Å²) in [6, 6.07) is 2.84. The summed E-state index contributed by atoms with van der Waals surface area (Å²) < 4.78 is 0. The van der Waals surface area contributed by atoms with Crippen LogP contribution in [0.1, 0.15) is 51.4 Å². The molecule has 0 radical (unpaired) electrons. The molecule has 4 heteroatoms. The van der Waals surface area contributed by atoms with Crippen LogP contribution in [0.25, 0.3) is 0 Å². The molecule has 4 nitrogen and oxygen atoms in total. The van der Waals surface area contributed by atoms with E-state index in [-0.39, 0.29) is 0 Å². The number of fused-ring (bicyclic) bond motifs is 2. The van der Waals surface area contributed by atoms with Crippen LogP contribution in [0.15, 0.2) is 4.99 Å². The molecule has 108 valence electrons. The maximum Gasteiger partial charge on any atom is 0.191 e. The van der Waals surface area contributed by atoms with Gasteiger partial charge in [0.25, 0.3) is 0 Å². The predicted octanol–water partition coefficient (Wildman–Crippen LogP) is 1.72. The number of nitrogens with zero attached hydrogens (tertiary/aromatic N) is 2. The summed E-state index contributed by atoms with van der Waals surface area (Å²) in [5, 5.41) is 7.22. The lowest BCUT2D eigenvalue weighted by atomic mass is 9.82. The van der Waals surface area contributed by atoms with Crippen LogP contribution >= 0.6 is 0 Å². The SMILES string of the molecule is CN=C(NC1CCC1)NC1CC2CCCC(C1)N2C. The van der Waals surface area contributed by atoms with E-state index < -0.39 is 0 Å². The first-order valence-electron chi connectivity index (χ1n) is 7.98. The molecule has 1 saturated carbocycles. The minimum atomic E-state index is 0.609. The Morgan fingerprint density at radius 3 is 2.05 bits per heavy atom. The second-order valence-electron chi connectivity index (χ2n) is 6.56. The fourth-order valence-corrected chi connectivity index (χ4v) is 3.84. The molecule has 0 aromatic carbocycles. The molecule has 2 aliphatic heterocycles. The second-order valence-corrected chi connectivity index (χ2v) is 6.56. The molecule has 2 bridgehead atoms. The highest BCUT2D eigenvalue weighted by molar-refractivity contribution is 5.80. The van der Waals surface area contributed by atoms with Gasteiger partial charge in [-0.3, -0.25) is 4.99 Å². The van der Waals surface area contributed by atoms with Gasteiger partial charge in [-0.2, -0.15) is 0 Å². The Morgan fingerprint density at radius 1 is 0.947 bits per heavy atom. The van der Waals surface area contributed by atoms with Crippen molar-refractivity contribution in [1.82, 2.24) is 15.5 Å². The van der Waals surface area contributed by atoms with Crippen molar-refractivity contribution in [2.24, 2.45) is 4.99 Å². The highest BCUT2D eigenvalue weighted by atomic mass is 15.2. The maximum atomic E-state index is 4.40. The lowest BCUT2D eigenvalue weighted by molar-refractivity contribution is 0.0525. The van der Waals surface area contributed by atoms with Crippen LogP contribution < -0.4 is 10.6 Å². The van der Waals surface area contributed by atoms with Crippen LogP contribution in [0.4, 0.5) is 0 Å². The molecule has 2 saturated heterocycles. The van der Waals surface area contributed by atoms with E-state index in [4.69, 9.17) is 0 Å². The molecule has 3 rings (SSSR count). The number of nitrogens with one attached hydrogen (secondary N) is 2. The van der Waals surface area contributed by atoms with E-state index in [2.05, 4.69) is 27.6 Å². The Balaban J connectivity index is 1.54. The van der Waals surface area contributed by atoms with Gasteiger partial charge in [-0.25, -0.2) is 0 Å². The van der Waals surface area contributed by atoms with Crippen LogP contribution in [0, 0.1) is 0 Å². The number of guanidine groups is 1. The fraction of sp³-hybridized carbons (Fsp3) is 0.933. The number of hydrogen-bond donors (Lipinski definition) is 2. The van der Waals surface area contributed by atoms with E-state index in [1.165, 1.54) is 51.4 Å². The number of hydrogen-bond acceptors (Lipinski definition) is 2. The molecule has 2 N–H and O–H groups in total. The maximum absolute atomic E-state index is 4.40. The van der Waals surface area contributed by atoms with E-state index in [0.717, 1.165) is 18.0 Å². The van der Waals surface area contributed by atoms with Gasteiger partial charge >= 0.3 is 0 Å². The van der Waals surface area contributed by atoms with Crippen molar-refractivity contribution in [2.45, 2.75) is 75.5 Å². The van der Waals surface area contributed by atoms with Crippen LogP contribution in [-0.2, 0) is 0 Å². The van der Waals surface area contributed by atoms with Crippen molar-refractivity contribution in [3.8, 4) is 0 Å². The largest absolute Gasteiger partial charge is 0.354 e. The average molecular weight is 264 g/mol. The zero-order valence-electron chi connectivity index (χ0n) is 12.4. The zero-order valence-corrected chi connectivity index (χ0v) is 12.4. The summed E-state index contributed by atoms with van der Waals surface area (Å²) in [6.45, 7) is 0. The van der Waals surface area contributed by atoms with Crippen LogP contribution in [0.5, 0.6) is 0 Å². The minimum Gasteiger partial charge on any atom is -0.354 e. The van der Waals surface area contributed by atoms with E-state index in [0.29, 0.717) is 12.1 Å². The molecule has 0 spiro atoms. The summed E-state index contributed by atoms with van der Waals surface area (Å²) in [4.78, 5) is 7.01. The molecule has 3 fully saturated rings. The van der Waals surface area contributed by atoms with E-state index >= 15 is 0 Å². The summed E-state index contributed by atoms with van der Waals surface area (Å²) in [5.74, 6) is 1.03. The summed E-state index contributed by atoms with van der Waals surface area (Å²) in [7, 11) is 4.20. The summed E-state index contributed by atoms with van der Waals surface area (Å²) in [5.41, 5.74) is 0. The molecular formula is C15H28N4. The molecule has 2 atom stereocenters. The normalized spacial score (nSPS) is 36.7. The lowest BCUT2D eigenvalue weighted by Gasteiger charge is -2.47. The van der Waals surface area contributed by atoms with Crippen molar-refractivity contribution in [1.29, 1.82) is 0 Å². The molecule has 19 heavy (non-hydrogen) atoms.